The highest BCUT2D eigenvalue weighted by molar-refractivity contribution is 5.73. The maximum absolute atomic E-state index is 12.1. The van der Waals surface area contributed by atoms with Gasteiger partial charge < -0.3 is 19.8 Å². The lowest BCUT2D eigenvalue weighted by Crippen LogP contribution is -2.73. The van der Waals surface area contributed by atoms with E-state index in [2.05, 4.69) is 4.90 Å². The Hall–Kier alpha value is -1.34. The van der Waals surface area contributed by atoms with Gasteiger partial charge >= 0.3 is 12.1 Å². The van der Waals surface area contributed by atoms with E-state index in [0.29, 0.717) is 19.6 Å². The molecule has 1 atom stereocenters. The van der Waals surface area contributed by atoms with Gasteiger partial charge in [0.25, 0.3) is 0 Å². The minimum absolute atomic E-state index is 0.00441. The number of likely N-dealkylation sites (tertiary alicyclic amines) is 2. The molecule has 23 heavy (non-hydrogen) atoms. The average Bonchev–Trinajstić information content (AvgIpc) is 2.40. The third kappa shape index (κ3) is 4.35. The first kappa shape index (κ1) is 18.0. The molecule has 0 bridgehead atoms. The van der Waals surface area contributed by atoms with E-state index in [1.807, 2.05) is 20.8 Å². The molecule has 132 valence electrons. The molecular weight excluding hydrogens is 300 g/mol. The van der Waals surface area contributed by atoms with Gasteiger partial charge in [0, 0.05) is 26.2 Å². The van der Waals surface area contributed by atoms with Crippen LogP contribution < -0.4 is 0 Å². The third-order valence-corrected chi connectivity index (χ3v) is 4.55. The topological polar surface area (TPSA) is 90.3 Å². The van der Waals surface area contributed by atoms with E-state index in [0.717, 1.165) is 19.4 Å². The zero-order valence-corrected chi connectivity index (χ0v) is 14.2. The summed E-state index contributed by atoms with van der Waals surface area (Å²) in [5, 5.41) is 18.7. The monoisotopic (exact) mass is 328 g/mol. The zero-order chi connectivity index (χ0) is 17.3. The smallest absolute Gasteiger partial charge is 0.410 e. The van der Waals surface area contributed by atoms with Crippen LogP contribution in [-0.2, 0) is 9.53 Å². The summed E-state index contributed by atoms with van der Waals surface area (Å²) in [6.07, 6.45) is 1.52. The third-order valence-electron chi connectivity index (χ3n) is 4.55. The van der Waals surface area contributed by atoms with Crippen LogP contribution in [0.2, 0.25) is 0 Å². The molecule has 0 aromatic rings. The van der Waals surface area contributed by atoms with Crippen LogP contribution >= 0.6 is 0 Å². The normalized spacial score (nSPS) is 24.9. The van der Waals surface area contributed by atoms with Crippen molar-refractivity contribution < 1.29 is 24.5 Å². The molecule has 0 spiro atoms. The summed E-state index contributed by atoms with van der Waals surface area (Å²) in [5.74, 6) is -0.676. The molecule has 2 aliphatic heterocycles. The predicted octanol–water partition coefficient (Wildman–Crippen LogP) is 1.15. The second-order valence-electron chi connectivity index (χ2n) is 7.77. The molecule has 2 heterocycles. The van der Waals surface area contributed by atoms with Gasteiger partial charge in [-0.25, -0.2) is 4.79 Å². The van der Waals surface area contributed by atoms with Crippen LogP contribution in [0.3, 0.4) is 0 Å². The second kappa shape index (κ2) is 6.65. The van der Waals surface area contributed by atoms with Crippen molar-refractivity contribution in [3.05, 3.63) is 0 Å². The first-order chi connectivity index (χ1) is 10.6. The van der Waals surface area contributed by atoms with Crippen LogP contribution in [-0.4, -0.2) is 76.0 Å². The Labute approximate surface area is 137 Å². The molecule has 1 amide bonds. The summed E-state index contributed by atoms with van der Waals surface area (Å²) in [7, 11) is 0. The number of carbonyl (C=O) groups excluding carboxylic acids is 1. The Morgan fingerprint density at radius 3 is 2.48 bits per heavy atom. The number of carbonyl (C=O) groups is 2. The van der Waals surface area contributed by atoms with Crippen LogP contribution in [0.4, 0.5) is 4.79 Å². The minimum atomic E-state index is -0.861. The number of rotatable bonds is 4. The number of nitrogens with zero attached hydrogens (tertiary/aromatic N) is 2. The van der Waals surface area contributed by atoms with E-state index in [-0.39, 0.29) is 18.9 Å². The molecule has 0 aromatic heterocycles. The predicted molar refractivity (Wildman–Crippen MR) is 84.2 cm³/mol. The molecule has 2 rings (SSSR count). The molecule has 2 saturated heterocycles. The highest BCUT2D eigenvalue weighted by Crippen LogP contribution is 2.35. The van der Waals surface area contributed by atoms with E-state index >= 15 is 0 Å². The number of hydrogen-bond donors (Lipinski definition) is 2. The Morgan fingerprint density at radius 1 is 1.30 bits per heavy atom. The van der Waals surface area contributed by atoms with Gasteiger partial charge in [-0.05, 0) is 46.1 Å². The summed E-state index contributed by atoms with van der Waals surface area (Å²) < 4.78 is 5.35. The first-order valence-electron chi connectivity index (χ1n) is 8.21. The van der Waals surface area contributed by atoms with Crippen LogP contribution in [0.25, 0.3) is 0 Å². The highest BCUT2D eigenvalue weighted by atomic mass is 16.6. The van der Waals surface area contributed by atoms with Gasteiger partial charge in [0.1, 0.15) is 5.60 Å². The van der Waals surface area contributed by atoms with Crippen molar-refractivity contribution in [3.63, 3.8) is 0 Å². The van der Waals surface area contributed by atoms with Crippen molar-refractivity contribution >= 4 is 12.1 Å². The molecule has 0 radical (unpaired) electrons. The highest BCUT2D eigenvalue weighted by Gasteiger charge is 2.52. The Balaban J connectivity index is 2.03. The lowest BCUT2D eigenvalue weighted by Gasteiger charge is -2.56. The summed E-state index contributed by atoms with van der Waals surface area (Å²) in [4.78, 5) is 27.1. The van der Waals surface area contributed by atoms with Gasteiger partial charge in [-0.1, -0.05) is 0 Å². The van der Waals surface area contributed by atoms with Crippen molar-refractivity contribution in [2.45, 2.75) is 51.2 Å². The summed E-state index contributed by atoms with van der Waals surface area (Å²) in [6, 6.07) is 0. The van der Waals surface area contributed by atoms with E-state index in [4.69, 9.17) is 4.74 Å². The lowest BCUT2D eigenvalue weighted by atomic mass is 9.81. The molecule has 7 heteroatoms. The SMILES string of the molecule is CC(C)(C)OC(=O)N1CC(CC(=O)O)(N2CCCC(CO)C2)C1. The number of aliphatic hydroxyl groups is 1. The number of hydrogen-bond acceptors (Lipinski definition) is 5. The van der Waals surface area contributed by atoms with E-state index in [1.165, 1.54) is 0 Å². The molecule has 0 aliphatic carbocycles. The van der Waals surface area contributed by atoms with Gasteiger partial charge in [-0.15, -0.1) is 0 Å². The maximum atomic E-state index is 12.1. The van der Waals surface area contributed by atoms with Crippen LogP contribution in [0.15, 0.2) is 0 Å². The van der Waals surface area contributed by atoms with Gasteiger partial charge in [0.2, 0.25) is 0 Å². The summed E-state index contributed by atoms with van der Waals surface area (Å²) in [6.45, 7) is 7.79. The lowest BCUT2D eigenvalue weighted by molar-refractivity contribution is -0.147. The van der Waals surface area contributed by atoms with Gasteiger partial charge in [0.05, 0.1) is 12.0 Å². The molecule has 2 N–H and O–H groups in total. The largest absolute Gasteiger partial charge is 0.481 e. The fraction of sp³-hybridized carbons (Fsp3) is 0.875. The summed E-state index contributed by atoms with van der Waals surface area (Å²) >= 11 is 0. The molecular formula is C16H28N2O5. The van der Waals surface area contributed by atoms with Gasteiger partial charge in [-0.2, -0.15) is 0 Å². The fourth-order valence-corrected chi connectivity index (χ4v) is 3.47. The van der Waals surface area contributed by atoms with Crippen molar-refractivity contribution in [1.29, 1.82) is 0 Å². The second-order valence-corrected chi connectivity index (χ2v) is 7.77. The first-order valence-corrected chi connectivity index (χ1v) is 8.21. The fourth-order valence-electron chi connectivity index (χ4n) is 3.47. The molecule has 1 unspecified atom stereocenters. The van der Waals surface area contributed by atoms with Crippen molar-refractivity contribution in [2.75, 3.05) is 32.8 Å². The Kier molecular flexibility index (Phi) is 5.20. The van der Waals surface area contributed by atoms with Crippen molar-refractivity contribution in [1.82, 2.24) is 9.80 Å². The van der Waals surface area contributed by atoms with E-state index in [1.54, 1.807) is 4.90 Å². The number of piperidine rings is 1. The van der Waals surface area contributed by atoms with Crippen LogP contribution in [0.1, 0.15) is 40.0 Å². The maximum Gasteiger partial charge on any atom is 0.410 e. The molecule has 2 fully saturated rings. The Bertz CT molecular complexity index is 454. The van der Waals surface area contributed by atoms with Crippen LogP contribution in [0, 0.1) is 5.92 Å². The number of carboxylic acids is 1. The van der Waals surface area contributed by atoms with Crippen molar-refractivity contribution in [2.24, 2.45) is 5.92 Å². The van der Waals surface area contributed by atoms with E-state index < -0.39 is 23.2 Å². The molecule has 7 nitrogen and oxygen atoms in total. The van der Waals surface area contributed by atoms with Crippen LogP contribution in [0.5, 0.6) is 0 Å². The average molecular weight is 328 g/mol. The van der Waals surface area contributed by atoms with Crippen molar-refractivity contribution in [3.8, 4) is 0 Å². The van der Waals surface area contributed by atoms with Gasteiger partial charge in [-0.3, -0.25) is 9.69 Å². The number of amides is 1. The minimum Gasteiger partial charge on any atom is -0.481 e. The Morgan fingerprint density at radius 2 is 1.96 bits per heavy atom. The number of ether oxygens (including phenoxy) is 1. The number of aliphatic carboxylic acids is 1. The summed E-state index contributed by atoms with van der Waals surface area (Å²) in [5.41, 5.74) is -1.09. The zero-order valence-electron chi connectivity index (χ0n) is 14.2. The molecule has 0 saturated carbocycles. The van der Waals surface area contributed by atoms with E-state index in [9.17, 15) is 19.8 Å². The van der Waals surface area contributed by atoms with Gasteiger partial charge in [0.15, 0.2) is 0 Å². The number of carboxylic acid groups (broad SMARTS) is 1. The number of aliphatic hydroxyl groups excluding tert-OH is 1. The standard InChI is InChI=1S/C16H28N2O5/c1-15(2,3)23-14(22)17-10-16(11-17,7-13(20)21)18-6-4-5-12(8-18)9-19/h12,19H,4-11H2,1-3H3,(H,20,21). The quantitative estimate of drug-likeness (QED) is 0.805. The molecule has 0 aromatic carbocycles. The molecule has 2 aliphatic rings.